The molecule has 1 aromatic heterocycles. The Balaban J connectivity index is 2.33. The molecule has 0 aliphatic heterocycles. The van der Waals surface area contributed by atoms with E-state index in [1.54, 1.807) is 30.0 Å². The van der Waals surface area contributed by atoms with Crippen LogP contribution in [0.1, 0.15) is 5.56 Å². The van der Waals surface area contributed by atoms with Crippen LogP contribution in [0.5, 0.6) is 5.75 Å². The smallest absolute Gasteiger partial charge is 0.250 e. The Labute approximate surface area is 99.3 Å². The van der Waals surface area contributed by atoms with Crippen LogP contribution in [0.3, 0.4) is 0 Å². The van der Waals surface area contributed by atoms with Crippen molar-refractivity contribution in [2.24, 2.45) is 0 Å². The number of methoxy groups -OCH3 is 1. The van der Waals surface area contributed by atoms with Gasteiger partial charge in [0.2, 0.25) is 0 Å². The van der Waals surface area contributed by atoms with Gasteiger partial charge in [-0.25, -0.2) is 0 Å². The summed E-state index contributed by atoms with van der Waals surface area (Å²) in [5.74, 6) is 0.698. The molecule has 2 aromatic rings. The van der Waals surface area contributed by atoms with Crippen LogP contribution in [0.15, 0.2) is 47.4 Å². The van der Waals surface area contributed by atoms with Crippen molar-refractivity contribution < 1.29 is 4.74 Å². The van der Waals surface area contributed by atoms with Gasteiger partial charge in [-0.3, -0.25) is 4.79 Å². The van der Waals surface area contributed by atoms with Crippen LogP contribution in [0.4, 0.5) is 5.69 Å². The van der Waals surface area contributed by atoms with Crippen LogP contribution in [0, 0.1) is 0 Å². The van der Waals surface area contributed by atoms with E-state index in [0.717, 1.165) is 5.56 Å². The van der Waals surface area contributed by atoms with Gasteiger partial charge >= 0.3 is 0 Å². The third-order valence-electron chi connectivity index (χ3n) is 2.48. The van der Waals surface area contributed by atoms with Gasteiger partial charge in [-0.15, -0.1) is 0 Å². The molecule has 0 atom stereocenters. The molecule has 0 radical (unpaired) electrons. The second kappa shape index (κ2) is 4.74. The summed E-state index contributed by atoms with van der Waals surface area (Å²) in [6.07, 6.45) is 1.75. The molecule has 0 unspecified atom stereocenters. The zero-order valence-electron chi connectivity index (χ0n) is 9.59. The largest absolute Gasteiger partial charge is 0.497 e. The molecule has 0 bridgehead atoms. The summed E-state index contributed by atoms with van der Waals surface area (Å²) in [5.41, 5.74) is 7.29. The van der Waals surface area contributed by atoms with Crippen molar-refractivity contribution in [3.8, 4) is 5.75 Å². The molecule has 0 fully saturated rings. The molecule has 17 heavy (non-hydrogen) atoms. The first-order chi connectivity index (χ1) is 8.19. The number of anilines is 1. The molecular formula is C13H14N2O2. The van der Waals surface area contributed by atoms with E-state index in [2.05, 4.69) is 0 Å². The number of nitrogens with two attached hydrogens (primary N) is 1. The lowest BCUT2D eigenvalue weighted by Crippen LogP contribution is -2.18. The molecular weight excluding hydrogens is 216 g/mol. The normalized spacial score (nSPS) is 10.2. The van der Waals surface area contributed by atoms with Gasteiger partial charge in [0.1, 0.15) is 5.75 Å². The molecule has 4 heteroatoms. The monoisotopic (exact) mass is 230 g/mol. The SMILES string of the molecule is COc1cc(N)cc(Cn2ccccc2=O)c1. The van der Waals surface area contributed by atoms with Crippen molar-refractivity contribution >= 4 is 5.69 Å². The number of hydrogen-bond donors (Lipinski definition) is 1. The summed E-state index contributed by atoms with van der Waals surface area (Å²) in [6.45, 7) is 0.487. The van der Waals surface area contributed by atoms with Gasteiger partial charge in [-0.1, -0.05) is 6.07 Å². The number of nitrogen functional groups attached to an aromatic ring is 1. The van der Waals surface area contributed by atoms with E-state index in [9.17, 15) is 4.79 Å². The Bertz CT molecular complexity index is 576. The Morgan fingerprint density at radius 1 is 1.29 bits per heavy atom. The van der Waals surface area contributed by atoms with Crippen LogP contribution in [0.2, 0.25) is 0 Å². The van der Waals surface area contributed by atoms with E-state index in [-0.39, 0.29) is 5.56 Å². The number of pyridine rings is 1. The minimum atomic E-state index is -0.0334. The Morgan fingerprint density at radius 2 is 2.12 bits per heavy atom. The average Bonchev–Trinajstić information content (AvgIpc) is 2.31. The Kier molecular flexibility index (Phi) is 3.14. The van der Waals surface area contributed by atoms with Crippen molar-refractivity contribution in [3.63, 3.8) is 0 Å². The molecule has 0 amide bonds. The molecule has 1 aromatic carbocycles. The highest BCUT2D eigenvalue weighted by Gasteiger charge is 2.01. The maximum atomic E-state index is 11.6. The van der Waals surface area contributed by atoms with E-state index >= 15 is 0 Å². The predicted molar refractivity (Wildman–Crippen MR) is 67.2 cm³/mol. The summed E-state index contributed by atoms with van der Waals surface area (Å²) >= 11 is 0. The van der Waals surface area contributed by atoms with Gasteiger partial charge in [-0.2, -0.15) is 0 Å². The molecule has 0 saturated heterocycles. The maximum absolute atomic E-state index is 11.6. The topological polar surface area (TPSA) is 57.2 Å². The van der Waals surface area contributed by atoms with Gasteiger partial charge in [-0.05, 0) is 23.8 Å². The van der Waals surface area contributed by atoms with E-state index in [1.165, 1.54) is 6.07 Å². The Morgan fingerprint density at radius 3 is 2.82 bits per heavy atom. The van der Waals surface area contributed by atoms with Crippen LogP contribution in [-0.2, 0) is 6.54 Å². The standard InChI is InChI=1S/C13H14N2O2/c1-17-12-7-10(6-11(14)8-12)9-15-5-3-2-4-13(15)16/h2-8H,9,14H2,1H3. The fourth-order valence-corrected chi connectivity index (χ4v) is 1.68. The number of aromatic nitrogens is 1. The molecule has 4 nitrogen and oxygen atoms in total. The average molecular weight is 230 g/mol. The Hall–Kier alpha value is -2.23. The van der Waals surface area contributed by atoms with Gasteiger partial charge in [0.05, 0.1) is 13.7 Å². The first kappa shape index (κ1) is 11.3. The minimum Gasteiger partial charge on any atom is -0.497 e. The summed E-state index contributed by atoms with van der Waals surface area (Å²) in [7, 11) is 1.59. The van der Waals surface area contributed by atoms with E-state index in [0.29, 0.717) is 18.0 Å². The molecule has 2 N–H and O–H groups in total. The van der Waals surface area contributed by atoms with Gasteiger partial charge < -0.3 is 15.0 Å². The van der Waals surface area contributed by atoms with E-state index < -0.39 is 0 Å². The summed E-state index contributed by atoms with van der Waals surface area (Å²) in [6, 6.07) is 10.5. The third kappa shape index (κ3) is 2.66. The number of benzene rings is 1. The first-order valence-corrected chi connectivity index (χ1v) is 5.28. The summed E-state index contributed by atoms with van der Waals surface area (Å²) in [5, 5.41) is 0. The zero-order chi connectivity index (χ0) is 12.3. The first-order valence-electron chi connectivity index (χ1n) is 5.28. The molecule has 0 aliphatic rings. The van der Waals surface area contributed by atoms with Crippen LogP contribution in [0.25, 0.3) is 0 Å². The zero-order valence-corrected chi connectivity index (χ0v) is 9.59. The van der Waals surface area contributed by atoms with Crippen LogP contribution < -0.4 is 16.0 Å². The second-order valence-electron chi connectivity index (χ2n) is 3.78. The minimum absolute atomic E-state index is 0.0334. The fourth-order valence-electron chi connectivity index (χ4n) is 1.68. The molecule has 2 rings (SSSR count). The van der Waals surface area contributed by atoms with Crippen molar-refractivity contribution in [1.29, 1.82) is 0 Å². The molecule has 1 heterocycles. The molecule has 0 spiro atoms. The summed E-state index contributed by atoms with van der Waals surface area (Å²) in [4.78, 5) is 11.6. The van der Waals surface area contributed by atoms with Gasteiger partial charge in [0.25, 0.3) is 5.56 Å². The van der Waals surface area contributed by atoms with Crippen molar-refractivity contribution in [2.45, 2.75) is 6.54 Å². The van der Waals surface area contributed by atoms with E-state index in [1.807, 2.05) is 18.2 Å². The number of hydrogen-bond acceptors (Lipinski definition) is 3. The second-order valence-corrected chi connectivity index (χ2v) is 3.78. The maximum Gasteiger partial charge on any atom is 0.250 e. The molecule has 0 aliphatic carbocycles. The van der Waals surface area contributed by atoms with Crippen molar-refractivity contribution in [2.75, 3.05) is 12.8 Å². The highest BCUT2D eigenvalue weighted by Crippen LogP contribution is 2.18. The lowest BCUT2D eigenvalue weighted by molar-refractivity contribution is 0.414. The quantitative estimate of drug-likeness (QED) is 0.813. The number of ether oxygens (including phenoxy) is 1. The number of rotatable bonds is 3. The highest BCUT2D eigenvalue weighted by molar-refractivity contribution is 5.47. The summed E-state index contributed by atoms with van der Waals surface area (Å²) < 4.78 is 6.76. The fraction of sp³-hybridized carbons (Fsp3) is 0.154. The molecule has 88 valence electrons. The van der Waals surface area contributed by atoms with E-state index in [4.69, 9.17) is 10.5 Å². The van der Waals surface area contributed by atoms with Gasteiger partial charge in [0, 0.05) is 24.0 Å². The van der Waals surface area contributed by atoms with Crippen molar-refractivity contribution in [3.05, 3.63) is 58.5 Å². The van der Waals surface area contributed by atoms with Gasteiger partial charge in [0.15, 0.2) is 0 Å². The highest BCUT2D eigenvalue weighted by atomic mass is 16.5. The lowest BCUT2D eigenvalue weighted by Gasteiger charge is -2.08. The van der Waals surface area contributed by atoms with Crippen LogP contribution in [-0.4, -0.2) is 11.7 Å². The third-order valence-corrected chi connectivity index (χ3v) is 2.48. The molecule has 0 saturated carbocycles. The number of nitrogens with zero attached hydrogens (tertiary/aromatic N) is 1. The lowest BCUT2D eigenvalue weighted by atomic mass is 10.2. The van der Waals surface area contributed by atoms with Crippen molar-refractivity contribution in [1.82, 2.24) is 4.57 Å². The predicted octanol–water partition coefficient (Wildman–Crippen LogP) is 1.49. The van der Waals surface area contributed by atoms with Crippen LogP contribution >= 0.6 is 0 Å².